The summed E-state index contributed by atoms with van der Waals surface area (Å²) in [5.74, 6) is 0.602. The van der Waals surface area contributed by atoms with Gasteiger partial charge in [-0.2, -0.15) is 0 Å². The number of hydrogen-bond acceptors (Lipinski definition) is 2. The molecular weight excluding hydrogens is 140 g/mol. The summed E-state index contributed by atoms with van der Waals surface area (Å²) < 4.78 is 0. The molecule has 0 atom stereocenters. The van der Waals surface area contributed by atoms with Gasteiger partial charge < -0.3 is 4.98 Å². The van der Waals surface area contributed by atoms with E-state index in [9.17, 15) is 4.79 Å². The van der Waals surface area contributed by atoms with Crippen LogP contribution in [0.15, 0.2) is 11.0 Å². The van der Waals surface area contributed by atoms with Crippen LogP contribution in [0.25, 0.3) is 0 Å². The molecule has 1 aromatic heterocycles. The highest BCUT2D eigenvalue weighted by Crippen LogP contribution is 2.39. The van der Waals surface area contributed by atoms with Crippen LogP contribution in [0.4, 0.5) is 0 Å². The zero-order valence-corrected chi connectivity index (χ0v) is 6.42. The van der Waals surface area contributed by atoms with Crippen molar-refractivity contribution >= 4 is 0 Å². The van der Waals surface area contributed by atoms with Crippen molar-refractivity contribution in [2.45, 2.75) is 25.7 Å². The first kappa shape index (κ1) is 6.58. The first-order chi connectivity index (χ1) is 5.27. The number of hydrogen-bond donors (Lipinski definition) is 1. The second kappa shape index (κ2) is 2.19. The lowest BCUT2D eigenvalue weighted by Crippen LogP contribution is -2.12. The van der Waals surface area contributed by atoms with Gasteiger partial charge in [0.1, 0.15) is 0 Å². The summed E-state index contributed by atoms with van der Waals surface area (Å²) in [6.45, 7) is 1.98. The SMILES string of the molecule is Cc1cnc(=O)[nH]c1C1CC1. The largest absolute Gasteiger partial charge is 0.345 e. The molecule has 0 bridgehead atoms. The van der Waals surface area contributed by atoms with Crippen LogP contribution in [-0.4, -0.2) is 9.97 Å². The van der Waals surface area contributed by atoms with Crippen molar-refractivity contribution in [3.63, 3.8) is 0 Å². The standard InChI is InChI=1S/C8H10N2O/c1-5-4-9-8(11)10-7(5)6-2-3-6/h4,6H,2-3H2,1H3,(H,9,10,11). The molecule has 3 nitrogen and oxygen atoms in total. The molecule has 0 radical (unpaired) electrons. The fourth-order valence-corrected chi connectivity index (χ4v) is 1.27. The Morgan fingerprint density at radius 1 is 1.64 bits per heavy atom. The number of H-pyrrole nitrogens is 1. The van der Waals surface area contributed by atoms with Gasteiger partial charge in [-0.3, -0.25) is 0 Å². The second-order valence-corrected chi connectivity index (χ2v) is 3.06. The van der Waals surface area contributed by atoms with E-state index in [1.54, 1.807) is 6.20 Å². The summed E-state index contributed by atoms with van der Waals surface area (Å²) in [5.41, 5.74) is 1.97. The fraction of sp³-hybridized carbons (Fsp3) is 0.500. The first-order valence-corrected chi connectivity index (χ1v) is 3.83. The van der Waals surface area contributed by atoms with E-state index in [1.807, 2.05) is 6.92 Å². The summed E-state index contributed by atoms with van der Waals surface area (Å²) in [6, 6.07) is 0. The van der Waals surface area contributed by atoms with Crippen molar-refractivity contribution in [3.8, 4) is 0 Å². The number of aromatic nitrogens is 2. The highest BCUT2D eigenvalue weighted by molar-refractivity contribution is 5.21. The van der Waals surface area contributed by atoms with Crippen molar-refractivity contribution in [1.29, 1.82) is 0 Å². The Bertz CT molecular complexity index is 325. The van der Waals surface area contributed by atoms with Crippen LogP contribution < -0.4 is 5.69 Å². The lowest BCUT2D eigenvalue weighted by molar-refractivity contribution is 0.922. The maximum atomic E-state index is 10.8. The van der Waals surface area contributed by atoms with Crippen LogP contribution >= 0.6 is 0 Å². The number of aromatic amines is 1. The summed E-state index contributed by atoms with van der Waals surface area (Å²) in [4.78, 5) is 17.2. The van der Waals surface area contributed by atoms with Gasteiger partial charge in [0.2, 0.25) is 0 Å². The molecule has 1 aromatic rings. The average molecular weight is 150 g/mol. The van der Waals surface area contributed by atoms with E-state index >= 15 is 0 Å². The molecule has 0 spiro atoms. The summed E-state index contributed by atoms with van der Waals surface area (Å²) in [7, 11) is 0. The van der Waals surface area contributed by atoms with Gasteiger partial charge in [-0.1, -0.05) is 0 Å². The van der Waals surface area contributed by atoms with Crippen molar-refractivity contribution in [3.05, 3.63) is 27.9 Å². The molecule has 2 rings (SSSR count). The number of nitrogens with one attached hydrogen (secondary N) is 1. The number of aryl methyl sites for hydroxylation is 1. The molecule has 0 amide bonds. The van der Waals surface area contributed by atoms with E-state index in [-0.39, 0.29) is 5.69 Å². The molecular formula is C8H10N2O. The normalized spacial score (nSPS) is 16.8. The van der Waals surface area contributed by atoms with Gasteiger partial charge in [0.05, 0.1) is 0 Å². The summed E-state index contributed by atoms with van der Waals surface area (Å²) in [6.07, 6.45) is 4.06. The topological polar surface area (TPSA) is 45.8 Å². The molecule has 11 heavy (non-hydrogen) atoms. The van der Waals surface area contributed by atoms with E-state index < -0.39 is 0 Å². The van der Waals surface area contributed by atoms with Gasteiger partial charge in [0.15, 0.2) is 0 Å². The maximum Gasteiger partial charge on any atom is 0.345 e. The molecule has 1 heterocycles. The van der Waals surface area contributed by atoms with Gasteiger partial charge in [0.25, 0.3) is 0 Å². The van der Waals surface area contributed by atoms with E-state index in [2.05, 4.69) is 9.97 Å². The highest BCUT2D eigenvalue weighted by Gasteiger charge is 2.25. The van der Waals surface area contributed by atoms with E-state index in [4.69, 9.17) is 0 Å². The third-order valence-corrected chi connectivity index (χ3v) is 2.03. The third-order valence-electron chi connectivity index (χ3n) is 2.03. The van der Waals surface area contributed by atoms with E-state index in [0.29, 0.717) is 5.92 Å². The van der Waals surface area contributed by atoms with Gasteiger partial charge in [-0.05, 0) is 31.2 Å². The molecule has 1 fully saturated rings. The number of nitrogens with zero attached hydrogens (tertiary/aromatic N) is 1. The van der Waals surface area contributed by atoms with Crippen LogP contribution in [0.1, 0.15) is 30.0 Å². The van der Waals surface area contributed by atoms with Crippen LogP contribution in [0.5, 0.6) is 0 Å². The molecule has 58 valence electrons. The van der Waals surface area contributed by atoms with Gasteiger partial charge in [-0.25, -0.2) is 9.78 Å². The van der Waals surface area contributed by atoms with Crippen LogP contribution in [0.2, 0.25) is 0 Å². The molecule has 1 saturated carbocycles. The fourth-order valence-electron chi connectivity index (χ4n) is 1.27. The first-order valence-electron chi connectivity index (χ1n) is 3.83. The van der Waals surface area contributed by atoms with Crippen molar-refractivity contribution in [1.82, 2.24) is 9.97 Å². The molecule has 1 N–H and O–H groups in total. The number of rotatable bonds is 1. The predicted molar refractivity (Wildman–Crippen MR) is 41.6 cm³/mol. The molecule has 0 unspecified atom stereocenters. The Morgan fingerprint density at radius 3 is 3.00 bits per heavy atom. The van der Waals surface area contributed by atoms with Crippen LogP contribution in [-0.2, 0) is 0 Å². The van der Waals surface area contributed by atoms with Crippen molar-refractivity contribution < 1.29 is 0 Å². The van der Waals surface area contributed by atoms with Gasteiger partial charge >= 0.3 is 5.69 Å². The lowest BCUT2D eigenvalue weighted by Gasteiger charge is -1.99. The predicted octanol–water partition coefficient (Wildman–Crippen LogP) is 0.956. The molecule has 0 saturated heterocycles. The Hall–Kier alpha value is -1.12. The van der Waals surface area contributed by atoms with Crippen LogP contribution in [0.3, 0.4) is 0 Å². The molecule has 0 aliphatic heterocycles. The summed E-state index contributed by atoms with van der Waals surface area (Å²) in [5, 5.41) is 0. The van der Waals surface area contributed by atoms with Crippen LogP contribution in [0, 0.1) is 6.92 Å². The zero-order chi connectivity index (χ0) is 7.84. The Labute approximate surface area is 64.5 Å². The van der Waals surface area contributed by atoms with E-state index in [0.717, 1.165) is 11.3 Å². The van der Waals surface area contributed by atoms with E-state index in [1.165, 1.54) is 12.8 Å². The third kappa shape index (κ3) is 1.18. The molecule has 1 aliphatic rings. The second-order valence-electron chi connectivity index (χ2n) is 3.06. The van der Waals surface area contributed by atoms with Gasteiger partial charge in [0, 0.05) is 11.9 Å². The Balaban J connectivity index is 2.50. The maximum absolute atomic E-state index is 10.8. The zero-order valence-electron chi connectivity index (χ0n) is 6.42. The smallest absolute Gasteiger partial charge is 0.309 e. The Kier molecular flexibility index (Phi) is 1.31. The Morgan fingerprint density at radius 2 is 2.36 bits per heavy atom. The molecule has 0 aromatic carbocycles. The minimum Gasteiger partial charge on any atom is -0.309 e. The quantitative estimate of drug-likeness (QED) is 0.648. The van der Waals surface area contributed by atoms with Crippen molar-refractivity contribution in [2.75, 3.05) is 0 Å². The minimum absolute atomic E-state index is 0.225. The lowest BCUT2D eigenvalue weighted by atomic mass is 10.2. The molecule has 3 heteroatoms. The minimum atomic E-state index is -0.225. The van der Waals surface area contributed by atoms with Gasteiger partial charge in [-0.15, -0.1) is 0 Å². The van der Waals surface area contributed by atoms with Crippen molar-refractivity contribution in [2.24, 2.45) is 0 Å². The molecule has 1 aliphatic carbocycles. The summed E-state index contributed by atoms with van der Waals surface area (Å²) >= 11 is 0. The monoisotopic (exact) mass is 150 g/mol. The average Bonchev–Trinajstić information content (AvgIpc) is 2.76. The highest BCUT2D eigenvalue weighted by atomic mass is 16.1.